The summed E-state index contributed by atoms with van der Waals surface area (Å²) in [5.41, 5.74) is 2.73. The number of benzene rings is 1. The van der Waals surface area contributed by atoms with E-state index in [-0.39, 0.29) is 5.56 Å². The molecule has 1 fully saturated rings. The van der Waals surface area contributed by atoms with Crippen LogP contribution in [0.3, 0.4) is 0 Å². The normalized spacial score (nSPS) is 15.9. The van der Waals surface area contributed by atoms with Crippen LogP contribution < -0.4 is 0 Å². The standard InChI is InChI=1S/C20H25N3O3/c1-26-10-9-23-7-5-15(6-8-23)11-18-13-22-19(14-21-18)16-3-2-4-17(12-16)20(24)25/h2-4,12-15H,5-11H2,1H3,(H,24,25). The van der Waals surface area contributed by atoms with Gasteiger partial charge in [-0.1, -0.05) is 12.1 Å². The average molecular weight is 355 g/mol. The fourth-order valence-corrected chi connectivity index (χ4v) is 3.35. The van der Waals surface area contributed by atoms with Crippen LogP contribution in [0.4, 0.5) is 0 Å². The third-order valence-corrected chi connectivity index (χ3v) is 4.93. The maximum atomic E-state index is 11.1. The predicted molar refractivity (Wildman–Crippen MR) is 99.2 cm³/mol. The van der Waals surface area contributed by atoms with E-state index in [1.54, 1.807) is 31.5 Å². The largest absolute Gasteiger partial charge is 0.478 e. The van der Waals surface area contributed by atoms with Crippen molar-refractivity contribution in [2.24, 2.45) is 5.92 Å². The maximum Gasteiger partial charge on any atom is 0.335 e. The number of hydrogen-bond donors (Lipinski definition) is 1. The van der Waals surface area contributed by atoms with Crippen LogP contribution >= 0.6 is 0 Å². The summed E-state index contributed by atoms with van der Waals surface area (Å²) in [6, 6.07) is 6.78. The van der Waals surface area contributed by atoms with Gasteiger partial charge in [0.25, 0.3) is 0 Å². The summed E-state index contributed by atoms with van der Waals surface area (Å²) in [6.45, 7) is 4.02. The molecule has 1 aliphatic heterocycles. The molecule has 138 valence electrons. The first-order valence-electron chi connectivity index (χ1n) is 9.01. The van der Waals surface area contributed by atoms with E-state index in [0.717, 1.165) is 43.9 Å². The second kappa shape index (κ2) is 8.87. The molecule has 0 radical (unpaired) electrons. The van der Waals surface area contributed by atoms with Gasteiger partial charge in [0.1, 0.15) is 0 Å². The third kappa shape index (κ3) is 4.86. The van der Waals surface area contributed by atoms with Gasteiger partial charge in [0.2, 0.25) is 0 Å². The lowest BCUT2D eigenvalue weighted by molar-refractivity contribution is 0.0697. The van der Waals surface area contributed by atoms with Crippen molar-refractivity contribution in [1.82, 2.24) is 14.9 Å². The van der Waals surface area contributed by atoms with Crippen LogP contribution in [0.25, 0.3) is 11.3 Å². The Labute approximate surface area is 153 Å². The average Bonchev–Trinajstić information content (AvgIpc) is 2.68. The van der Waals surface area contributed by atoms with Crippen LogP contribution in [0, 0.1) is 5.92 Å². The van der Waals surface area contributed by atoms with Crippen molar-refractivity contribution in [2.75, 3.05) is 33.4 Å². The van der Waals surface area contributed by atoms with E-state index >= 15 is 0 Å². The minimum absolute atomic E-state index is 0.258. The van der Waals surface area contributed by atoms with Crippen LogP contribution in [-0.4, -0.2) is 59.3 Å². The number of carboxylic acid groups (broad SMARTS) is 1. The highest BCUT2D eigenvalue weighted by Gasteiger charge is 2.19. The second-order valence-electron chi connectivity index (χ2n) is 6.76. The fourth-order valence-electron chi connectivity index (χ4n) is 3.35. The van der Waals surface area contributed by atoms with Crippen molar-refractivity contribution >= 4 is 5.97 Å². The van der Waals surface area contributed by atoms with Crippen molar-refractivity contribution in [3.63, 3.8) is 0 Å². The van der Waals surface area contributed by atoms with Gasteiger partial charge in [-0.3, -0.25) is 9.97 Å². The van der Waals surface area contributed by atoms with Crippen LogP contribution in [0.2, 0.25) is 0 Å². The number of piperidine rings is 1. The summed E-state index contributed by atoms with van der Waals surface area (Å²) in [5.74, 6) is -0.294. The molecule has 6 nitrogen and oxygen atoms in total. The monoisotopic (exact) mass is 355 g/mol. The molecule has 0 amide bonds. The lowest BCUT2D eigenvalue weighted by Crippen LogP contribution is -2.36. The Hall–Kier alpha value is -2.31. The summed E-state index contributed by atoms with van der Waals surface area (Å²) in [7, 11) is 1.74. The summed E-state index contributed by atoms with van der Waals surface area (Å²) < 4.78 is 5.14. The fraction of sp³-hybridized carbons (Fsp3) is 0.450. The first-order chi connectivity index (χ1) is 12.7. The van der Waals surface area contributed by atoms with Gasteiger partial charge in [-0.15, -0.1) is 0 Å². The molecule has 1 aromatic heterocycles. The first-order valence-corrected chi connectivity index (χ1v) is 9.01. The van der Waals surface area contributed by atoms with Crippen molar-refractivity contribution < 1.29 is 14.6 Å². The Morgan fingerprint density at radius 2 is 2.08 bits per heavy atom. The minimum Gasteiger partial charge on any atom is -0.478 e. The smallest absolute Gasteiger partial charge is 0.335 e. The molecule has 1 aromatic carbocycles. The quantitative estimate of drug-likeness (QED) is 0.823. The molecule has 0 saturated carbocycles. The summed E-state index contributed by atoms with van der Waals surface area (Å²) in [5, 5.41) is 9.10. The number of ether oxygens (including phenoxy) is 1. The topological polar surface area (TPSA) is 75.5 Å². The van der Waals surface area contributed by atoms with Gasteiger partial charge in [-0.05, 0) is 50.4 Å². The molecular formula is C20H25N3O3. The highest BCUT2D eigenvalue weighted by molar-refractivity contribution is 5.89. The predicted octanol–water partition coefficient (Wildman–Crippen LogP) is 2.74. The van der Waals surface area contributed by atoms with Gasteiger partial charge >= 0.3 is 5.97 Å². The number of carboxylic acids is 1. The molecule has 0 unspecified atom stereocenters. The number of rotatable bonds is 7. The van der Waals surface area contributed by atoms with Gasteiger partial charge in [-0.25, -0.2) is 4.79 Å². The Morgan fingerprint density at radius 1 is 1.27 bits per heavy atom. The SMILES string of the molecule is COCCN1CCC(Cc2cnc(-c3cccc(C(=O)O)c3)cn2)CC1. The number of aromatic nitrogens is 2. The lowest BCUT2D eigenvalue weighted by Gasteiger charge is -2.31. The lowest BCUT2D eigenvalue weighted by atomic mass is 9.92. The molecule has 0 bridgehead atoms. The first kappa shape index (κ1) is 18.5. The van der Waals surface area contributed by atoms with Crippen molar-refractivity contribution in [1.29, 1.82) is 0 Å². The number of aromatic carboxylic acids is 1. The molecule has 2 aromatic rings. The van der Waals surface area contributed by atoms with E-state index in [4.69, 9.17) is 9.84 Å². The molecular weight excluding hydrogens is 330 g/mol. The van der Waals surface area contributed by atoms with Gasteiger partial charge in [0.15, 0.2) is 0 Å². The zero-order valence-electron chi connectivity index (χ0n) is 15.1. The number of nitrogens with zero attached hydrogens (tertiary/aromatic N) is 3. The highest BCUT2D eigenvalue weighted by Crippen LogP contribution is 2.22. The molecule has 0 spiro atoms. The van der Waals surface area contributed by atoms with E-state index in [0.29, 0.717) is 11.6 Å². The van der Waals surface area contributed by atoms with Crippen LogP contribution in [0.15, 0.2) is 36.7 Å². The maximum absolute atomic E-state index is 11.1. The van der Waals surface area contributed by atoms with Crippen LogP contribution in [0.5, 0.6) is 0 Å². The number of methoxy groups -OCH3 is 1. The zero-order valence-corrected chi connectivity index (χ0v) is 15.1. The number of hydrogen-bond acceptors (Lipinski definition) is 5. The molecule has 1 saturated heterocycles. The van der Waals surface area contributed by atoms with E-state index in [1.807, 2.05) is 12.3 Å². The Kier molecular flexibility index (Phi) is 6.30. The minimum atomic E-state index is -0.937. The second-order valence-corrected chi connectivity index (χ2v) is 6.76. The number of carbonyl (C=O) groups is 1. The van der Waals surface area contributed by atoms with Gasteiger partial charge in [0.05, 0.1) is 29.8 Å². The van der Waals surface area contributed by atoms with Gasteiger partial charge in [0, 0.05) is 25.4 Å². The summed E-state index contributed by atoms with van der Waals surface area (Å²) in [4.78, 5) is 22.6. The van der Waals surface area contributed by atoms with E-state index < -0.39 is 5.97 Å². The summed E-state index contributed by atoms with van der Waals surface area (Å²) >= 11 is 0. The molecule has 0 aliphatic carbocycles. The van der Waals surface area contributed by atoms with Crippen LogP contribution in [-0.2, 0) is 11.2 Å². The van der Waals surface area contributed by atoms with Crippen molar-refractivity contribution in [3.8, 4) is 11.3 Å². The molecule has 1 N–H and O–H groups in total. The van der Waals surface area contributed by atoms with E-state index in [9.17, 15) is 4.79 Å². The third-order valence-electron chi connectivity index (χ3n) is 4.93. The molecule has 1 aliphatic rings. The Balaban J connectivity index is 1.57. The van der Waals surface area contributed by atoms with Crippen molar-refractivity contribution in [3.05, 3.63) is 47.9 Å². The number of likely N-dealkylation sites (tertiary alicyclic amines) is 1. The molecule has 26 heavy (non-hydrogen) atoms. The summed E-state index contributed by atoms with van der Waals surface area (Å²) in [6.07, 6.45) is 6.85. The van der Waals surface area contributed by atoms with Gasteiger partial charge in [-0.2, -0.15) is 0 Å². The molecule has 2 heterocycles. The van der Waals surface area contributed by atoms with E-state index in [1.165, 1.54) is 12.8 Å². The molecule has 6 heteroatoms. The Bertz CT molecular complexity index is 725. The highest BCUT2D eigenvalue weighted by atomic mass is 16.5. The zero-order chi connectivity index (χ0) is 18.4. The van der Waals surface area contributed by atoms with Crippen LogP contribution in [0.1, 0.15) is 28.9 Å². The Morgan fingerprint density at radius 3 is 2.73 bits per heavy atom. The molecule has 0 atom stereocenters. The van der Waals surface area contributed by atoms with E-state index in [2.05, 4.69) is 14.9 Å². The van der Waals surface area contributed by atoms with Gasteiger partial charge < -0.3 is 14.7 Å². The molecule has 3 rings (SSSR count). The van der Waals surface area contributed by atoms with Crippen molar-refractivity contribution in [2.45, 2.75) is 19.3 Å².